The first-order valence-electron chi connectivity index (χ1n) is 11.0. The highest BCUT2D eigenvalue weighted by Crippen LogP contribution is 2.29. The smallest absolute Gasteiger partial charge is 0.416 e. The van der Waals surface area contributed by atoms with Gasteiger partial charge in [0.1, 0.15) is 6.04 Å². The molecule has 0 unspecified atom stereocenters. The number of benzene rings is 2. The number of carboxylic acids is 1. The Labute approximate surface area is 209 Å². The highest BCUT2D eigenvalue weighted by molar-refractivity contribution is 7.88. The Morgan fingerprint density at radius 2 is 1.73 bits per heavy atom. The lowest BCUT2D eigenvalue weighted by molar-refractivity contribution is -0.140. The van der Waals surface area contributed by atoms with Crippen molar-refractivity contribution < 1.29 is 36.3 Å². The van der Waals surface area contributed by atoms with E-state index < -0.39 is 52.6 Å². The van der Waals surface area contributed by atoms with E-state index in [0.717, 1.165) is 29.8 Å². The fraction of sp³-hybridized carbons (Fsp3) is 0.261. The van der Waals surface area contributed by atoms with Gasteiger partial charge in [0, 0.05) is 25.7 Å². The molecule has 1 fully saturated rings. The summed E-state index contributed by atoms with van der Waals surface area (Å²) in [4.78, 5) is 28.6. The second-order valence-electron chi connectivity index (χ2n) is 8.40. The Hall–Kier alpha value is -3.75. The van der Waals surface area contributed by atoms with Crippen LogP contribution in [0.5, 0.6) is 0 Å². The van der Waals surface area contributed by atoms with Crippen molar-refractivity contribution in [3.8, 4) is 0 Å². The number of aliphatic carboxylic acids is 1. The number of rotatable bonds is 9. The molecule has 14 heteroatoms. The Morgan fingerprint density at radius 3 is 2.35 bits per heavy atom. The molecule has 1 amide bonds. The van der Waals surface area contributed by atoms with Crippen molar-refractivity contribution in [2.75, 3.05) is 0 Å². The molecular weight excluding hydrogens is 515 g/mol. The molecule has 0 spiro atoms. The lowest BCUT2D eigenvalue weighted by Crippen LogP contribution is -2.53. The molecule has 1 aliphatic rings. The van der Waals surface area contributed by atoms with Crippen LogP contribution in [0.2, 0.25) is 0 Å². The SMILES string of the molecule is O=C(O)[C@H](Cc1cn(Cc2ccccc2)cn1)N[C@H]1C(=O)NS(=O)(=O)N1Cc1ccc(C(F)(F)F)cc1. The van der Waals surface area contributed by atoms with E-state index in [-0.39, 0.29) is 12.0 Å². The van der Waals surface area contributed by atoms with Crippen LogP contribution in [0.25, 0.3) is 0 Å². The zero-order valence-corrected chi connectivity index (χ0v) is 19.9. The lowest BCUT2D eigenvalue weighted by Gasteiger charge is -2.24. The first-order chi connectivity index (χ1) is 17.4. The molecule has 3 aromatic rings. The monoisotopic (exact) mass is 537 g/mol. The van der Waals surface area contributed by atoms with E-state index in [2.05, 4.69) is 10.3 Å². The van der Waals surface area contributed by atoms with Gasteiger partial charge in [0.25, 0.3) is 5.91 Å². The fourth-order valence-electron chi connectivity index (χ4n) is 3.84. The quantitative estimate of drug-likeness (QED) is 0.379. The number of carbonyl (C=O) groups excluding carboxylic acids is 1. The predicted octanol–water partition coefficient (Wildman–Crippen LogP) is 1.74. The maximum Gasteiger partial charge on any atom is 0.416 e. The van der Waals surface area contributed by atoms with Gasteiger partial charge in [-0.3, -0.25) is 14.9 Å². The number of nitrogens with one attached hydrogen (secondary N) is 2. The maximum atomic E-state index is 12.8. The Morgan fingerprint density at radius 1 is 1.08 bits per heavy atom. The molecule has 196 valence electrons. The van der Waals surface area contributed by atoms with Gasteiger partial charge in [0.15, 0.2) is 6.17 Å². The van der Waals surface area contributed by atoms with Crippen LogP contribution in [0.15, 0.2) is 67.1 Å². The first kappa shape index (κ1) is 26.3. The lowest BCUT2D eigenvalue weighted by atomic mass is 10.1. The number of alkyl halides is 3. The molecule has 0 radical (unpaired) electrons. The van der Waals surface area contributed by atoms with E-state index in [1.165, 1.54) is 6.33 Å². The van der Waals surface area contributed by atoms with Crippen molar-refractivity contribution in [2.45, 2.75) is 37.9 Å². The summed E-state index contributed by atoms with van der Waals surface area (Å²) < 4.78 is 67.7. The first-order valence-corrected chi connectivity index (χ1v) is 12.4. The van der Waals surface area contributed by atoms with Gasteiger partial charge in [-0.2, -0.15) is 25.9 Å². The Kier molecular flexibility index (Phi) is 7.34. The minimum absolute atomic E-state index is 0.158. The molecule has 1 aromatic heterocycles. The maximum absolute atomic E-state index is 12.8. The van der Waals surface area contributed by atoms with Gasteiger partial charge in [0.2, 0.25) is 0 Å². The number of amides is 1. The number of imidazole rings is 1. The molecule has 37 heavy (non-hydrogen) atoms. The second kappa shape index (κ2) is 10.3. The van der Waals surface area contributed by atoms with Crippen LogP contribution >= 0.6 is 0 Å². The normalized spacial score (nSPS) is 18.5. The molecule has 1 saturated heterocycles. The number of halogens is 3. The zero-order chi connectivity index (χ0) is 26.8. The van der Waals surface area contributed by atoms with Crippen molar-refractivity contribution in [2.24, 2.45) is 0 Å². The summed E-state index contributed by atoms with van der Waals surface area (Å²) in [7, 11) is -4.36. The molecule has 2 aromatic carbocycles. The number of carbonyl (C=O) groups is 2. The minimum atomic E-state index is -4.57. The highest BCUT2D eigenvalue weighted by Gasteiger charge is 2.45. The van der Waals surface area contributed by atoms with Gasteiger partial charge in [-0.05, 0) is 23.3 Å². The summed E-state index contributed by atoms with van der Waals surface area (Å²) in [5.41, 5.74) is 0.658. The zero-order valence-electron chi connectivity index (χ0n) is 19.1. The van der Waals surface area contributed by atoms with Gasteiger partial charge in [-0.15, -0.1) is 0 Å². The summed E-state index contributed by atoms with van der Waals surface area (Å²) in [5, 5.41) is 12.3. The van der Waals surface area contributed by atoms with Crippen LogP contribution in [0.1, 0.15) is 22.4 Å². The van der Waals surface area contributed by atoms with Crippen LogP contribution in [-0.2, 0) is 45.5 Å². The summed E-state index contributed by atoms with van der Waals surface area (Å²) in [6.45, 7) is 0.0398. The summed E-state index contributed by atoms with van der Waals surface area (Å²) >= 11 is 0. The van der Waals surface area contributed by atoms with Gasteiger partial charge in [-0.1, -0.05) is 42.5 Å². The molecule has 1 aliphatic heterocycles. The highest BCUT2D eigenvalue weighted by atomic mass is 32.2. The summed E-state index contributed by atoms with van der Waals surface area (Å²) in [5.74, 6) is -2.35. The van der Waals surface area contributed by atoms with Gasteiger partial charge < -0.3 is 9.67 Å². The number of carboxylic acid groups (broad SMARTS) is 1. The molecule has 0 saturated carbocycles. The third kappa shape index (κ3) is 6.34. The molecular formula is C23H22F3N5O5S. The number of hydrogen-bond donors (Lipinski definition) is 3. The Bertz CT molecular complexity index is 1380. The third-order valence-electron chi connectivity index (χ3n) is 5.66. The molecule has 10 nitrogen and oxygen atoms in total. The molecule has 0 bridgehead atoms. The largest absolute Gasteiger partial charge is 0.480 e. The van der Waals surface area contributed by atoms with Crippen LogP contribution in [0.3, 0.4) is 0 Å². The molecule has 2 heterocycles. The summed E-state index contributed by atoms with van der Waals surface area (Å²) in [6, 6.07) is 11.9. The molecule has 4 rings (SSSR count). The van der Waals surface area contributed by atoms with E-state index in [1.807, 2.05) is 30.3 Å². The summed E-state index contributed by atoms with van der Waals surface area (Å²) in [6.07, 6.45) is -3.14. The average Bonchev–Trinajstić information content (AvgIpc) is 3.35. The Balaban J connectivity index is 1.49. The van der Waals surface area contributed by atoms with Gasteiger partial charge in [0.05, 0.1) is 17.6 Å². The van der Waals surface area contributed by atoms with Crippen LogP contribution < -0.4 is 10.0 Å². The van der Waals surface area contributed by atoms with Crippen molar-refractivity contribution >= 4 is 22.1 Å². The van der Waals surface area contributed by atoms with Crippen LogP contribution in [-0.4, -0.2) is 51.5 Å². The number of nitrogens with zero attached hydrogens (tertiary/aromatic N) is 3. The van der Waals surface area contributed by atoms with Crippen LogP contribution in [0.4, 0.5) is 13.2 Å². The van der Waals surface area contributed by atoms with Crippen molar-refractivity contribution in [1.29, 1.82) is 0 Å². The fourth-order valence-corrected chi connectivity index (χ4v) is 5.07. The molecule has 0 aliphatic carbocycles. The van der Waals surface area contributed by atoms with E-state index in [1.54, 1.807) is 15.5 Å². The van der Waals surface area contributed by atoms with E-state index >= 15 is 0 Å². The van der Waals surface area contributed by atoms with Crippen LogP contribution in [0, 0.1) is 0 Å². The second-order valence-corrected chi connectivity index (χ2v) is 10.0. The molecule has 3 N–H and O–H groups in total. The molecule has 2 atom stereocenters. The van der Waals surface area contributed by atoms with Gasteiger partial charge >= 0.3 is 22.4 Å². The van der Waals surface area contributed by atoms with Gasteiger partial charge in [-0.25, -0.2) is 9.71 Å². The van der Waals surface area contributed by atoms with Crippen molar-refractivity contribution in [1.82, 2.24) is 23.9 Å². The third-order valence-corrected chi connectivity index (χ3v) is 7.08. The predicted molar refractivity (Wildman–Crippen MR) is 124 cm³/mol. The van der Waals surface area contributed by atoms with Crippen molar-refractivity contribution in [3.63, 3.8) is 0 Å². The number of aromatic nitrogens is 2. The standard InChI is InChI=1S/C23H22F3N5O5S/c24-23(25,26)17-8-6-16(7-9-17)12-31-20(21(32)29-37(31,35)36)28-19(22(33)34)10-18-13-30(14-27-18)11-15-4-2-1-3-5-15/h1-9,13-14,19-20,28H,10-12H2,(H,29,32)(H,33,34)/t19-,20+/m0/s1. The topological polar surface area (TPSA) is 134 Å². The average molecular weight is 538 g/mol. The number of hydrogen-bond acceptors (Lipinski definition) is 6. The van der Waals surface area contributed by atoms with E-state index in [0.29, 0.717) is 16.5 Å². The van der Waals surface area contributed by atoms with E-state index in [4.69, 9.17) is 0 Å². The van der Waals surface area contributed by atoms with Crippen molar-refractivity contribution in [3.05, 3.63) is 89.5 Å². The van der Waals surface area contributed by atoms with E-state index in [9.17, 15) is 36.3 Å². The minimum Gasteiger partial charge on any atom is -0.480 e.